The summed E-state index contributed by atoms with van der Waals surface area (Å²) in [6.45, 7) is 3.54. The predicted octanol–water partition coefficient (Wildman–Crippen LogP) is 3.27. The van der Waals surface area contributed by atoms with Crippen LogP contribution in [0.4, 0.5) is 10.1 Å². The van der Waals surface area contributed by atoms with Crippen LogP contribution in [0, 0.1) is 12.7 Å². The molecule has 2 aromatic rings. The van der Waals surface area contributed by atoms with E-state index in [1.54, 1.807) is 0 Å². The third kappa shape index (κ3) is 3.58. The topological polar surface area (TPSA) is 29.3 Å². The molecule has 0 heterocycles. The van der Waals surface area contributed by atoms with E-state index in [0.717, 1.165) is 24.2 Å². The molecule has 0 atom stereocenters. The van der Waals surface area contributed by atoms with Crippen molar-refractivity contribution >= 4 is 5.69 Å². The van der Waals surface area contributed by atoms with E-state index in [1.165, 1.54) is 23.3 Å². The normalized spacial score (nSPS) is 10.6. The number of benzene rings is 2. The molecule has 2 aromatic carbocycles. The number of rotatable bonds is 5. The molecule has 2 N–H and O–H groups in total. The van der Waals surface area contributed by atoms with Crippen molar-refractivity contribution in [3.63, 3.8) is 0 Å². The van der Waals surface area contributed by atoms with Crippen LogP contribution in [0.1, 0.15) is 16.7 Å². The Kier molecular flexibility index (Phi) is 4.74. The zero-order valence-electron chi connectivity index (χ0n) is 12.1. The number of hydrogen-bond donors (Lipinski definition) is 1. The van der Waals surface area contributed by atoms with Gasteiger partial charge in [-0.3, -0.25) is 0 Å². The van der Waals surface area contributed by atoms with Crippen molar-refractivity contribution in [2.75, 3.05) is 18.5 Å². The quantitative estimate of drug-likeness (QED) is 0.905. The van der Waals surface area contributed by atoms with Crippen LogP contribution in [0.2, 0.25) is 0 Å². The molecule has 2 rings (SSSR count). The summed E-state index contributed by atoms with van der Waals surface area (Å²) in [4.78, 5) is 2.16. The van der Waals surface area contributed by atoms with E-state index in [4.69, 9.17) is 5.73 Å². The molecule has 106 valence electrons. The van der Waals surface area contributed by atoms with Crippen LogP contribution in [0.25, 0.3) is 0 Å². The van der Waals surface area contributed by atoms with Crippen LogP contribution in [-0.4, -0.2) is 13.6 Å². The molecule has 0 saturated heterocycles. The molecule has 20 heavy (non-hydrogen) atoms. The summed E-state index contributed by atoms with van der Waals surface area (Å²) in [5, 5.41) is 0. The standard InChI is InChI=1S/C17H21FN2/c1-13-11-17(8-5-15(13)9-10-19)20(2)12-14-3-6-16(18)7-4-14/h3-8,11H,9-10,12,19H2,1-2H3. The maximum Gasteiger partial charge on any atom is 0.123 e. The van der Waals surface area contributed by atoms with Gasteiger partial charge in [-0.05, 0) is 60.8 Å². The van der Waals surface area contributed by atoms with Gasteiger partial charge in [0.25, 0.3) is 0 Å². The number of aryl methyl sites for hydroxylation is 1. The van der Waals surface area contributed by atoms with Crippen molar-refractivity contribution in [1.82, 2.24) is 0 Å². The Hall–Kier alpha value is -1.87. The van der Waals surface area contributed by atoms with Crippen molar-refractivity contribution in [3.8, 4) is 0 Å². The highest BCUT2D eigenvalue weighted by Crippen LogP contribution is 2.20. The van der Waals surface area contributed by atoms with Crippen LogP contribution in [0.5, 0.6) is 0 Å². The van der Waals surface area contributed by atoms with E-state index in [1.807, 2.05) is 19.2 Å². The van der Waals surface area contributed by atoms with Gasteiger partial charge in [0.05, 0.1) is 0 Å². The van der Waals surface area contributed by atoms with E-state index in [0.29, 0.717) is 6.54 Å². The number of halogens is 1. The minimum Gasteiger partial charge on any atom is -0.370 e. The molecule has 0 amide bonds. The van der Waals surface area contributed by atoms with Crippen molar-refractivity contribution in [2.45, 2.75) is 19.9 Å². The smallest absolute Gasteiger partial charge is 0.123 e. The average Bonchev–Trinajstić information content (AvgIpc) is 2.44. The van der Waals surface area contributed by atoms with Crippen molar-refractivity contribution in [3.05, 3.63) is 65.0 Å². The number of anilines is 1. The highest BCUT2D eigenvalue weighted by Gasteiger charge is 2.05. The summed E-state index contributed by atoms with van der Waals surface area (Å²) >= 11 is 0. The summed E-state index contributed by atoms with van der Waals surface area (Å²) in [7, 11) is 2.04. The van der Waals surface area contributed by atoms with Gasteiger partial charge in [-0.15, -0.1) is 0 Å². The molecule has 0 radical (unpaired) electrons. The summed E-state index contributed by atoms with van der Waals surface area (Å²) in [5.41, 5.74) is 10.4. The molecular formula is C17H21FN2. The first-order valence-corrected chi connectivity index (χ1v) is 6.85. The van der Waals surface area contributed by atoms with E-state index in [9.17, 15) is 4.39 Å². The third-order valence-electron chi connectivity index (χ3n) is 3.51. The largest absolute Gasteiger partial charge is 0.370 e. The summed E-state index contributed by atoms with van der Waals surface area (Å²) < 4.78 is 12.9. The van der Waals surface area contributed by atoms with Gasteiger partial charge in [0.15, 0.2) is 0 Å². The molecule has 0 aromatic heterocycles. The molecule has 0 fully saturated rings. The van der Waals surface area contributed by atoms with Gasteiger partial charge in [-0.1, -0.05) is 18.2 Å². The van der Waals surface area contributed by atoms with E-state index < -0.39 is 0 Å². The second-order valence-corrected chi connectivity index (χ2v) is 5.13. The second-order valence-electron chi connectivity index (χ2n) is 5.13. The van der Waals surface area contributed by atoms with E-state index in [-0.39, 0.29) is 5.82 Å². The molecule has 3 heteroatoms. The molecular weight excluding hydrogens is 251 g/mol. The lowest BCUT2D eigenvalue weighted by Gasteiger charge is -2.21. The summed E-state index contributed by atoms with van der Waals surface area (Å²) in [5.74, 6) is -0.196. The third-order valence-corrected chi connectivity index (χ3v) is 3.51. The Bertz CT molecular complexity index is 564. The van der Waals surface area contributed by atoms with Gasteiger partial charge >= 0.3 is 0 Å². The molecule has 0 spiro atoms. The highest BCUT2D eigenvalue weighted by atomic mass is 19.1. The maximum atomic E-state index is 12.9. The Morgan fingerprint density at radius 3 is 2.40 bits per heavy atom. The zero-order valence-corrected chi connectivity index (χ0v) is 12.1. The van der Waals surface area contributed by atoms with Crippen LogP contribution >= 0.6 is 0 Å². The number of hydrogen-bond acceptors (Lipinski definition) is 2. The Balaban J connectivity index is 2.10. The lowest BCUT2D eigenvalue weighted by Crippen LogP contribution is -2.16. The van der Waals surface area contributed by atoms with Crippen molar-refractivity contribution in [2.24, 2.45) is 5.73 Å². The lowest BCUT2D eigenvalue weighted by atomic mass is 10.0. The minimum absolute atomic E-state index is 0.196. The van der Waals surface area contributed by atoms with Gasteiger partial charge in [-0.25, -0.2) is 4.39 Å². The molecule has 2 nitrogen and oxygen atoms in total. The fourth-order valence-electron chi connectivity index (χ4n) is 2.31. The fraction of sp³-hybridized carbons (Fsp3) is 0.294. The van der Waals surface area contributed by atoms with Crippen molar-refractivity contribution < 1.29 is 4.39 Å². The fourth-order valence-corrected chi connectivity index (χ4v) is 2.31. The summed E-state index contributed by atoms with van der Waals surface area (Å²) in [6.07, 6.45) is 0.911. The van der Waals surface area contributed by atoms with Gasteiger partial charge in [0.2, 0.25) is 0 Å². The highest BCUT2D eigenvalue weighted by molar-refractivity contribution is 5.50. The van der Waals surface area contributed by atoms with Gasteiger partial charge < -0.3 is 10.6 Å². The van der Waals surface area contributed by atoms with E-state index in [2.05, 4.69) is 30.0 Å². The first kappa shape index (κ1) is 14.5. The first-order chi connectivity index (χ1) is 9.60. The Morgan fingerprint density at radius 1 is 1.10 bits per heavy atom. The SMILES string of the molecule is Cc1cc(N(C)Cc2ccc(F)cc2)ccc1CCN. The number of nitrogens with two attached hydrogens (primary N) is 1. The van der Waals surface area contributed by atoms with Gasteiger partial charge in [0.1, 0.15) is 5.82 Å². The zero-order chi connectivity index (χ0) is 14.5. The predicted molar refractivity (Wildman–Crippen MR) is 82.4 cm³/mol. The molecule has 0 bridgehead atoms. The van der Waals surface area contributed by atoms with Gasteiger partial charge in [0, 0.05) is 19.3 Å². The van der Waals surface area contributed by atoms with Crippen LogP contribution in [-0.2, 0) is 13.0 Å². The Morgan fingerprint density at radius 2 is 1.80 bits per heavy atom. The molecule has 0 aliphatic rings. The maximum absolute atomic E-state index is 12.9. The number of nitrogens with zero attached hydrogens (tertiary/aromatic N) is 1. The molecule has 0 unspecified atom stereocenters. The van der Waals surface area contributed by atoms with Gasteiger partial charge in [-0.2, -0.15) is 0 Å². The molecule has 0 aliphatic carbocycles. The lowest BCUT2D eigenvalue weighted by molar-refractivity contribution is 0.627. The van der Waals surface area contributed by atoms with E-state index >= 15 is 0 Å². The van der Waals surface area contributed by atoms with Crippen LogP contribution in [0.3, 0.4) is 0 Å². The average molecular weight is 272 g/mol. The Labute approximate surface area is 120 Å². The van der Waals surface area contributed by atoms with Crippen LogP contribution in [0.15, 0.2) is 42.5 Å². The van der Waals surface area contributed by atoms with Crippen molar-refractivity contribution in [1.29, 1.82) is 0 Å². The first-order valence-electron chi connectivity index (χ1n) is 6.85. The molecule has 0 saturated carbocycles. The molecule has 0 aliphatic heterocycles. The van der Waals surface area contributed by atoms with Crippen LogP contribution < -0.4 is 10.6 Å². The monoisotopic (exact) mass is 272 g/mol. The summed E-state index contributed by atoms with van der Waals surface area (Å²) in [6, 6.07) is 13.1. The minimum atomic E-state index is -0.196. The second kappa shape index (κ2) is 6.53.